The summed E-state index contributed by atoms with van der Waals surface area (Å²) in [5.41, 5.74) is 0.323. The van der Waals surface area contributed by atoms with Crippen LogP contribution < -0.4 is 0 Å². The Morgan fingerprint density at radius 1 is 1.24 bits per heavy atom. The minimum Gasteiger partial charge on any atom is -0.480 e. The normalized spacial score (nSPS) is 16.6. The highest BCUT2D eigenvalue weighted by Crippen LogP contribution is 2.20. The molecule has 0 atom stereocenters. The minimum atomic E-state index is -0.862. The molecule has 2 heterocycles. The second kappa shape index (κ2) is 7.06. The molecule has 0 aliphatic carbocycles. The molecule has 0 spiro atoms. The maximum atomic E-state index is 12.5. The van der Waals surface area contributed by atoms with E-state index in [9.17, 15) is 9.59 Å². The van der Waals surface area contributed by atoms with E-state index >= 15 is 0 Å². The molecule has 1 aliphatic heterocycles. The van der Waals surface area contributed by atoms with E-state index in [4.69, 9.17) is 28.3 Å². The molecule has 8 heteroatoms. The van der Waals surface area contributed by atoms with E-state index in [0.717, 1.165) is 6.42 Å². The van der Waals surface area contributed by atoms with Gasteiger partial charge in [0.2, 0.25) is 0 Å². The van der Waals surface area contributed by atoms with E-state index in [0.29, 0.717) is 31.7 Å². The van der Waals surface area contributed by atoms with Crippen LogP contribution in [-0.2, 0) is 4.79 Å². The lowest BCUT2D eigenvalue weighted by Crippen LogP contribution is -2.36. The molecule has 0 unspecified atom stereocenters. The van der Waals surface area contributed by atoms with Crippen LogP contribution in [0.1, 0.15) is 16.8 Å². The Bertz CT molecular complexity index is 553. The molecule has 1 aliphatic rings. The molecule has 1 aromatic heterocycles. The second-order valence-corrected chi connectivity index (χ2v) is 5.60. The van der Waals surface area contributed by atoms with Crippen molar-refractivity contribution in [3.63, 3.8) is 0 Å². The third-order valence-electron chi connectivity index (χ3n) is 3.29. The largest absolute Gasteiger partial charge is 0.480 e. The number of pyridine rings is 1. The van der Waals surface area contributed by atoms with Crippen molar-refractivity contribution in [2.45, 2.75) is 6.42 Å². The summed E-state index contributed by atoms with van der Waals surface area (Å²) in [6.45, 7) is 2.19. The van der Waals surface area contributed by atoms with Gasteiger partial charge >= 0.3 is 5.97 Å². The number of hydrogen-bond donors (Lipinski definition) is 1. The fourth-order valence-corrected chi connectivity index (χ4v) is 2.61. The van der Waals surface area contributed by atoms with Gasteiger partial charge in [0.25, 0.3) is 5.91 Å². The van der Waals surface area contributed by atoms with Crippen LogP contribution in [0.3, 0.4) is 0 Å². The summed E-state index contributed by atoms with van der Waals surface area (Å²) in [6.07, 6.45) is 2.07. The van der Waals surface area contributed by atoms with Crippen LogP contribution in [0, 0.1) is 0 Å². The standard InChI is InChI=1S/C13H15Cl2N3O3/c14-10-7-16-11(15)6-9(10)13(21)18-3-1-2-17(4-5-18)8-12(19)20/h6-7H,1-5,8H2,(H,19,20). The lowest BCUT2D eigenvalue weighted by molar-refractivity contribution is -0.138. The maximum Gasteiger partial charge on any atom is 0.317 e. The van der Waals surface area contributed by atoms with Crippen molar-refractivity contribution in [2.75, 3.05) is 32.7 Å². The van der Waals surface area contributed by atoms with E-state index in [-0.39, 0.29) is 22.6 Å². The Morgan fingerprint density at radius 2 is 2.00 bits per heavy atom. The van der Waals surface area contributed by atoms with Crippen LogP contribution in [-0.4, -0.2) is 64.5 Å². The van der Waals surface area contributed by atoms with Crippen molar-refractivity contribution in [3.05, 3.63) is 28.0 Å². The molecule has 1 saturated heterocycles. The summed E-state index contributed by atoms with van der Waals surface area (Å²) < 4.78 is 0. The number of hydrogen-bond acceptors (Lipinski definition) is 4. The molecule has 1 aromatic rings. The number of carboxylic acid groups (broad SMARTS) is 1. The number of halogens is 2. The Balaban J connectivity index is 2.06. The average molecular weight is 332 g/mol. The molecule has 1 N–H and O–H groups in total. The average Bonchev–Trinajstić information content (AvgIpc) is 2.66. The van der Waals surface area contributed by atoms with Gasteiger partial charge in [0.05, 0.1) is 17.1 Å². The van der Waals surface area contributed by atoms with Gasteiger partial charge in [-0.3, -0.25) is 14.5 Å². The second-order valence-electron chi connectivity index (χ2n) is 4.80. The van der Waals surface area contributed by atoms with Crippen LogP contribution in [0.4, 0.5) is 0 Å². The lowest BCUT2D eigenvalue weighted by atomic mass is 10.2. The van der Waals surface area contributed by atoms with Crippen LogP contribution in [0.2, 0.25) is 10.2 Å². The fraction of sp³-hybridized carbons (Fsp3) is 0.462. The molecule has 1 amide bonds. The van der Waals surface area contributed by atoms with Gasteiger partial charge in [-0.25, -0.2) is 4.98 Å². The van der Waals surface area contributed by atoms with E-state index in [1.807, 2.05) is 4.90 Å². The molecule has 0 bridgehead atoms. The zero-order valence-corrected chi connectivity index (χ0v) is 12.8. The van der Waals surface area contributed by atoms with Crippen molar-refractivity contribution in [2.24, 2.45) is 0 Å². The van der Waals surface area contributed by atoms with E-state index in [1.165, 1.54) is 12.3 Å². The highest BCUT2D eigenvalue weighted by molar-refractivity contribution is 6.35. The Hall–Kier alpha value is -1.37. The quantitative estimate of drug-likeness (QED) is 0.852. The monoisotopic (exact) mass is 331 g/mol. The van der Waals surface area contributed by atoms with E-state index in [1.54, 1.807) is 4.90 Å². The number of carboxylic acids is 1. The lowest BCUT2D eigenvalue weighted by Gasteiger charge is -2.21. The molecule has 0 radical (unpaired) electrons. The number of aliphatic carboxylic acids is 1. The number of carbonyl (C=O) groups is 2. The SMILES string of the molecule is O=C(O)CN1CCCN(C(=O)c2cc(Cl)ncc2Cl)CC1. The van der Waals surface area contributed by atoms with Gasteiger partial charge in [0.1, 0.15) is 5.15 Å². The first kappa shape index (κ1) is 16.0. The summed E-state index contributed by atoms with van der Waals surface area (Å²) in [5, 5.41) is 9.29. The Labute approximate surface area is 132 Å². The Morgan fingerprint density at radius 3 is 2.71 bits per heavy atom. The number of amides is 1. The molecule has 21 heavy (non-hydrogen) atoms. The number of nitrogens with zero attached hydrogens (tertiary/aromatic N) is 3. The van der Waals surface area contributed by atoms with Crippen molar-refractivity contribution >= 4 is 35.1 Å². The molecular weight excluding hydrogens is 317 g/mol. The first-order valence-electron chi connectivity index (χ1n) is 6.52. The third-order valence-corrected chi connectivity index (χ3v) is 3.79. The smallest absolute Gasteiger partial charge is 0.317 e. The molecule has 2 rings (SSSR count). The number of rotatable bonds is 3. The van der Waals surface area contributed by atoms with Crippen LogP contribution in [0.15, 0.2) is 12.3 Å². The first-order chi connectivity index (χ1) is 9.97. The van der Waals surface area contributed by atoms with Crippen molar-refractivity contribution in [1.29, 1.82) is 0 Å². The highest BCUT2D eigenvalue weighted by atomic mass is 35.5. The predicted molar refractivity (Wildman–Crippen MR) is 78.9 cm³/mol. The van der Waals surface area contributed by atoms with Gasteiger partial charge in [0.15, 0.2) is 0 Å². The zero-order chi connectivity index (χ0) is 15.4. The van der Waals surface area contributed by atoms with Crippen molar-refractivity contribution in [1.82, 2.24) is 14.8 Å². The summed E-state index contributed by atoms with van der Waals surface area (Å²) in [6, 6.07) is 1.45. The molecule has 6 nitrogen and oxygen atoms in total. The number of carbonyl (C=O) groups excluding carboxylic acids is 1. The first-order valence-corrected chi connectivity index (χ1v) is 7.27. The molecule has 0 saturated carbocycles. The third kappa shape index (κ3) is 4.30. The molecule has 114 valence electrons. The van der Waals surface area contributed by atoms with Gasteiger partial charge in [0, 0.05) is 32.4 Å². The van der Waals surface area contributed by atoms with Gasteiger partial charge < -0.3 is 10.0 Å². The van der Waals surface area contributed by atoms with Crippen molar-refractivity contribution < 1.29 is 14.7 Å². The highest BCUT2D eigenvalue weighted by Gasteiger charge is 2.23. The van der Waals surface area contributed by atoms with Crippen molar-refractivity contribution in [3.8, 4) is 0 Å². The zero-order valence-electron chi connectivity index (χ0n) is 11.3. The topological polar surface area (TPSA) is 73.7 Å². The maximum absolute atomic E-state index is 12.5. The summed E-state index contributed by atoms with van der Waals surface area (Å²) in [4.78, 5) is 30.5. The summed E-state index contributed by atoms with van der Waals surface area (Å²) >= 11 is 11.8. The summed E-state index contributed by atoms with van der Waals surface area (Å²) in [7, 11) is 0. The molecule has 1 fully saturated rings. The van der Waals surface area contributed by atoms with Gasteiger partial charge in [-0.05, 0) is 12.5 Å². The van der Waals surface area contributed by atoms with Crippen LogP contribution >= 0.6 is 23.2 Å². The number of aromatic nitrogens is 1. The van der Waals surface area contributed by atoms with Gasteiger partial charge in [-0.15, -0.1) is 0 Å². The Kier molecular flexibility index (Phi) is 5.39. The fourth-order valence-electron chi connectivity index (χ4n) is 2.27. The summed E-state index contributed by atoms with van der Waals surface area (Å²) in [5.74, 6) is -1.07. The van der Waals surface area contributed by atoms with Crippen LogP contribution in [0.5, 0.6) is 0 Å². The minimum absolute atomic E-state index is 0.0100. The van der Waals surface area contributed by atoms with Gasteiger partial charge in [-0.2, -0.15) is 0 Å². The molecule has 0 aromatic carbocycles. The van der Waals surface area contributed by atoms with E-state index in [2.05, 4.69) is 4.98 Å². The van der Waals surface area contributed by atoms with E-state index < -0.39 is 5.97 Å². The molecular formula is C13H15Cl2N3O3. The van der Waals surface area contributed by atoms with Crippen LogP contribution in [0.25, 0.3) is 0 Å². The van der Waals surface area contributed by atoms with Gasteiger partial charge in [-0.1, -0.05) is 23.2 Å². The predicted octanol–water partition coefficient (Wildman–Crippen LogP) is 1.62.